The lowest BCUT2D eigenvalue weighted by atomic mass is 9.73. The molecule has 0 saturated carbocycles. The van der Waals surface area contributed by atoms with Gasteiger partial charge in [0.05, 0.1) is 17.7 Å². The van der Waals surface area contributed by atoms with Crippen molar-refractivity contribution in [2.45, 2.75) is 44.1 Å². The van der Waals surface area contributed by atoms with E-state index in [9.17, 15) is 4.79 Å². The maximum Gasteiger partial charge on any atom is 0.231 e. The van der Waals surface area contributed by atoms with Gasteiger partial charge in [-0.2, -0.15) is 0 Å². The van der Waals surface area contributed by atoms with Crippen molar-refractivity contribution in [3.63, 3.8) is 0 Å². The van der Waals surface area contributed by atoms with Crippen molar-refractivity contribution >= 4 is 11.9 Å². The molecule has 1 aromatic heterocycles. The maximum absolute atomic E-state index is 13.3. The second kappa shape index (κ2) is 8.69. The number of ether oxygens (including phenoxy) is 1. The Morgan fingerprint density at radius 3 is 2.57 bits per heavy atom. The van der Waals surface area contributed by atoms with Crippen LogP contribution in [0, 0.1) is 0 Å². The fourth-order valence-electron chi connectivity index (χ4n) is 4.19. The molecule has 1 N–H and O–H groups in total. The highest BCUT2D eigenvalue weighted by molar-refractivity contribution is 5.88. The number of aromatic nitrogens is 2. The minimum Gasteiger partial charge on any atom is -0.381 e. The summed E-state index contributed by atoms with van der Waals surface area (Å²) in [5.74, 6) is 0.829. The molecule has 6 heteroatoms. The smallest absolute Gasteiger partial charge is 0.231 e. The van der Waals surface area contributed by atoms with E-state index in [1.165, 1.54) is 19.3 Å². The third-order valence-corrected chi connectivity index (χ3v) is 5.88. The van der Waals surface area contributed by atoms with Crippen molar-refractivity contribution < 1.29 is 9.53 Å². The minimum atomic E-state index is -0.526. The lowest BCUT2D eigenvalue weighted by Crippen LogP contribution is -2.47. The third-order valence-electron chi connectivity index (χ3n) is 5.88. The number of piperidine rings is 1. The van der Waals surface area contributed by atoms with E-state index < -0.39 is 5.41 Å². The zero-order valence-electron chi connectivity index (χ0n) is 16.3. The molecule has 0 unspecified atom stereocenters. The molecule has 2 fully saturated rings. The van der Waals surface area contributed by atoms with Gasteiger partial charge in [0.1, 0.15) is 0 Å². The quantitative estimate of drug-likeness (QED) is 0.864. The van der Waals surface area contributed by atoms with E-state index in [1.54, 1.807) is 6.20 Å². The first kappa shape index (κ1) is 18.9. The topological polar surface area (TPSA) is 67.4 Å². The Kier molecular flexibility index (Phi) is 5.86. The minimum absolute atomic E-state index is 0.0557. The molecule has 2 saturated heterocycles. The third kappa shape index (κ3) is 4.02. The van der Waals surface area contributed by atoms with Gasteiger partial charge in [0, 0.05) is 32.5 Å². The number of hydrogen-bond donors (Lipinski definition) is 1. The first-order chi connectivity index (χ1) is 13.8. The number of nitrogens with one attached hydrogen (secondary N) is 1. The molecule has 6 nitrogen and oxygen atoms in total. The molecule has 2 aliphatic rings. The van der Waals surface area contributed by atoms with Gasteiger partial charge < -0.3 is 15.0 Å². The van der Waals surface area contributed by atoms with Crippen LogP contribution in [0.1, 0.15) is 43.4 Å². The van der Waals surface area contributed by atoms with Gasteiger partial charge in [0.2, 0.25) is 11.9 Å². The number of carbonyl (C=O) groups is 1. The van der Waals surface area contributed by atoms with Gasteiger partial charge in [-0.3, -0.25) is 4.79 Å². The van der Waals surface area contributed by atoms with Gasteiger partial charge in [0.15, 0.2) is 0 Å². The molecular weight excluding hydrogens is 352 g/mol. The Balaban J connectivity index is 1.47. The van der Waals surface area contributed by atoms with Gasteiger partial charge >= 0.3 is 0 Å². The van der Waals surface area contributed by atoms with Gasteiger partial charge in [-0.15, -0.1) is 0 Å². The van der Waals surface area contributed by atoms with Crippen molar-refractivity contribution in [2.75, 3.05) is 31.2 Å². The highest BCUT2D eigenvalue weighted by Gasteiger charge is 2.41. The highest BCUT2D eigenvalue weighted by atomic mass is 16.5. The summed E-state index contributed by atoms with van der Waals surface area (Å²) < 4.78 is 5.54. The van der Waals surface area contributed by atoms with Crippen molar-refractivity contribution in [3.05, 3.63) is 53.9 Å². The number of hydrogen-bond acceptors (Lipinski definition) is 5. The number of amides is 1. The summed E-state index contributed by atoms with van der Waals surface area (Å²) in [6.07, 6.45) is 6.84. The number of benzene rings is 1. The molecule has 2 aromatic rings. The van der Waals surface area contributed by atoms with Gasteiger partial charge in [-0.25, -0.2) is 9.97 Å². The molecule has 0 spiro atoms. The van der Waals surface area contributed by atoms with Crippen molar-refractivity contribution in [3.8, 4) is 0 Å². The van der Waals surface area contributed by atoms with E-state index in [1.807, 2.05) is 36.4 Å². The molecule has 4 rings (SSSR count). The van der Waals surface area contributed by atoms with Crippen LogP contribution < -0.4 is 10.2 Å². The summed E-state index contributed by atoms with van der Waals surface area (Å²) in [4.78, 5) is 24.6. The lowest BCUT2D eigenvalue weighted by molar-refractivity contribution is -0.130. The van der Waals surface area contributed by atoms with Gasteiger partial charge in [0.25, 0.3) is 0 Å². The zero-order chi connectivity index (χ0) is 19.2. The molecule has 1 amide bonds. The van der Waals surface area contributed by atoms with Crippen LogP contribution in [0.4, 0.5) is 5.95 Å². The van der Waals surface area contributed by atoms with E-state index in [2.05, 4.69) is 20.2 Å². The Labute approximate surface area is 166 Å². The van der Waals surface area contributed by atoms with Crippen LogP contribution in [0.15, 0.2) is 42.6 Å². The summed E-state index contributed by atoms with van der Waals surface area (Å²) in [6, 6.07) is 11.9. The molecule has 148 valence electrons. The Bertz CT molecular complexity index is 784. The van der Waals surface area contributed by atoms with Crippen LogP contribution >= 0.6 is 0 Å². The van der Waals surface area contributed by atoms with Gasteiger partial charge in [-0.05, 0) is 43.7 Å². The second-order valence-electron chi connectivity index (χ2n) is 7.64. The normalized spacial score (nSPS) is 19.2. The summed E-state index contributed by atoms with van der Waals surface area (Å²) >= 11 is 0. The Morgan fingerprint density at radius 1 is 1.07 bits per heavy atom. The van der Waals surface area contributed by atoms with Crippen LogP contribution in [-0.2, 0) is 21.5 Å². The first-order valence-corrected chi connectivity index (χ1v) is 10.3. The Morgan fingerprint density at radius 2 is 1.82 bits per heavy atom. The molecular formula is C22H28N4O2. The molecule has 0 atom stereocenters. The maximum atomic E-state index is 13.3. The number of anilines is 1. The van der Waals surface area contributed by atoms with Crippen molar-refractivity contribution in [1.29, 1.82) is 0 Å². The second-order valence-corrected chi connectivity index (χ2v) is 7.64. The van der Waals surface area contributed by atoms with Crippen LogP contribution in [0.3, 0.4) is 0 Å². The average Bonchev–Trinajstić information content (AvgIpc) is 2.79. The molecule has 1 aromatic carbocycles. The highest BCUT2D eigenvalue weighted by Crippen LogP contribution is 2.35. The SMILES string of the molecule is O=C(NCc1ccnc(N2CCCCC2)n1)C1(c2ccccc2)CCOCC1. The first-order valence-electron chi connectivity index (χ1n) is 10.3. The predicted molar refractivity (Wildman–Crippen MR) is 108 cm³/mol. The fourth-order valence-corrected chi connectivity index (χ4v) is 4.19. The van der Waals surface area contributed by atoms with E-state index in [-0.39, 0.29) is 5.91 Å². The lowest BCUT2D eigenvalue weighted by Gasteiger charge is -2.36. The summed E-state index contributed by atoms with van der Waals surface area (Å²) in [5, 5.41) is 3.13. The zero-order valence-corrected chi connectivity index (χ0v) is 16.3. The number of carbonyl (C=O) groups excluding carboxylic acids is 1. The van der Waals surface area contributed by atoms with Crippen molar-refractivity contribution in [1.82, 2.24) is 15.3 Å². The molecule has 0 bridgehead atoms. The van der Waals surface area contributed by atoms with E-state index in [0.29, 0.717) is 32.6 Å². The predicted octanol–water partition coefficient (Wildman–Crippen LogP) is 2.83. The number of nitrogens with zero attached hydrogens (tertiary/aromatic N) is 3. The average molecular weight is 380 g/mol. The van der Waals surface area contributed by atoms with E-state index in [4.69, 9.17) is 4.74 Å². The molecule has 2 aliphatic heterocycles. The largest absolute Gasteiger partial charge is 0.381 e. The van der Waals surface area contributed by atoms with Crippen LogP contribution in [0.5, 0.6) is 0 Å². The van der Waals surface area contributed by atoms with E-state index in [0.717, 1.165) is 30.3 Å². The van der Waals surface area contributed by atoms with Crippen molar-refractivity contribution in [2.24, 2.45) is 0 Å². The monoisotopic (exact) mass is 380 g/mol. The number of rotatable bonds is 5. The summed E-state index contributed by atoms with van der Waals surface area (Å²) in [6.45, 7) is 3.64. The molecule has 28 heavy (non-hydrogen) atoms. The standard InChI is InChI=1S/C22H28N4O2/c27-20(22(10-15-28-16-11-22)18-7-3-1-4-8-18)24-17-19-9-12-23-21(25-19)26-13-5-2-6-14-26/h1,3-4,7-9,12H,2,5-6,10-11,13-17H2,(H,24,27). The van der Waals surface area contributed by atoms with Crippen LogP contribution in [0.25, 0.3) is 0 Å². The summed E-state index contributed by atoms with van der Waals surface area (Å²) in [5.41, 5.74) is 1.38. The molecule has 3 heterocycles. The molecule has 0 aliphatic carbocycles. The van der Waals surface area contributed by atoms with E-state index >= 15 is 0 Å². The van der Waals surface area contributed by atoms with Crippen LogP contribution in [0.2, 0.25) is 0 Å². The summed E-state index contributed by atoms with van der Waals surface area (Å²) in [7, 11) is 0. The molecule has 0 radical (unpaired) electrons. The van der Waals surface area contributed by atoms with Gasteiger partial charge in [-0.1, -0.05) is 30.3 Å². The fraction of sp³-hybridized carbons (Fsp3) is 0.500. The van der Waals surface area contributed by atoms with Crippen LogP contribution in [-0.4, -0.2) is 42.2 Å². The Hall–Kier alpha value is -2.47.